The number of carbonyl (C=O) groups excluding carboxylic acids is 1. The Bertz CT molecular complexity index is 1010. The van der Waals surface area contributed by atoms with E-state index in [2.05, 4.69) is 37.1 Å². The predicted octanol–water partition coefficient (Wildman–Crippen LogP) is 5.02. The van der Waals surface area contributed by atoms with Gasteiger partial charge in [-0.3, -0.25) is 4.79 Å². The van der Waals surface area contributed by atoms with Crippen LogP contribution in [0.2, 0.25) is 0 Å². The predicted molar refractivity (Wildman–Crippen MR) is 116 cm³/mol. The number of benzene rings is 2. The van der Waals surface area contributed by atoms with Crippen LogP contribution in [0.15, 0.2) is 64.2 Å². The second-order valence-electron chi connectivity index (χ2n) is 6.27. The molecule has 0 aliphatic carbocycles. The lowest BCUT2D eigenvalue weighted by Gasteiger charge is -2.11. The van der Waals surface area contributed by atoms with Crippen molar-refractivity contribution < 1.29 is 9.53 Å². The zero-order chi connectivity index (χ0) is 20.1. The van der Waals surface area contributed by atoms with E-state index in [1.165, 1.54) is 0 Å². The number of amides is 1. The summed E-state index contributed by atoms with van der Waals surface area (Å²) < 4.78 is 8.55. The lowest BCUT2D eigenvalue weighted by atomic mass is 10.2. The summed E-state index contributed by atoms with van der Waals surface area (Å²) in [5.41, 5.74) is 7.25. The van der Waals surface area contributed by atoms with Gasteiger partial charge >= 0.3 is 0 Å². The van der Waals surface area contributed by atoms with E-state index < -0.39 is 0 Å². The molecule has 0 saturated heterocycles. The van der Waals surface area contributed by atoms with Crippen LogP contribution in [0.1, 0.15) is 34.2 Å². The van der Waals surface area contributed by atoms with Gasteiger partial charge in [0.05, 0.1) is 18.5 Å². The summed E-state index contributed by atoms with van der Waals surface area (Å²) in [5.74, 6) is 0.473. The fourth-order valence-electron chi connectivity index (χ4n) is 3.02. The SMILES string of the molecule is CCOc1ccc(C(=O)N/N=C/c2cc(C)n(-c3ccccc3Br)c2C)cc1. The van der Waals surface area contributed by atoms with E-state index in [0.29, 0.717) is 12.2 Å². The van der Waals surface area contributed by atoms with Crippen molar-refractivity contribution in [2.24, 2.45) is 5.10 Å². The van der Waals surface area contributed by atoms with E-state index in [1.807, 2.05) is 45.0 Å². The molecule has 144 valence electrons. The molecule has 0 bridgehead atoms. The van der Waals surface area contributed by atoms with Crippen LogP contribution in [0, 0.1) is 13.8 Å². The van der Waals surface area contributed by atoms with E-state index in [4.69, 9.17) is 4.74 Å². The Labute approximate surface area is 173 Å². The first-order chi connectivity index (χ1) is 13.5. The average Bonchev–Trinajstić information content (AvgIpc) is 2.96. The molecule has 3 rings (SSSR count). The molecule has 6 heteroatoms. The second kappa shape index (κ2) is 8.89. The molecule has 0 unspecified atom stereocenters. The Morgan fingerprint density at radius 3 is 2.57 bits per heavy atom. The van der Waals surface area contributed by atoms with Crippen molar-refractivity contribution in [1.82, 2.24) is 9.99 Å². The summed E-state index contributed by atoms with van der Waals surface area (Å²) in [6.45, 7) is 6.58. The van der Waals surface area contributed by atoms with Gasteiger partial charge in [-0.05, 0) is 79.2 Å². The molecule has 1 heterocycles. The summed E-state index contributed by atoms with van der Waals surface area (Å²) in [4.78, 5) is 12.3. The van der Waals surface area contributed by atoms with Gasteiger partial charge in [0.2, 0.25) is 0 Å². The Kier molecular flexibility index (Phi) is 6.31. The summed E-state index contributed by atoms with van der Waals surface area (Å²) >= 11 is 3.60. The lowest BCUT2D eigenvalue weighted by molar-refractivity contribution is 0.0955. The Balaban J connectivity index is 1.74. The van der Waals surface area contributed by atoms with E-state index >= 15 is 0 Å². The van der Waals surface area contributed by atoms with Crippen molar-refractivity contribution in [3.8, 4) is 11.4 Å². The normalized spacial score (nSPS) is 11.0. The van der Waals surface area contributed by atoms with Crippen LogP contribution in [-0.2, 0) is 0 Å². The van der Waals surface area contributed by atoms with Gasteiger partial charge in [0, 0.05) is 27.0 Å². The molecule has 1 N–H and O–H groups in total. The van der Waals surface area contributed by atoms with Crippen LogP contribution in [0.4, 0.5) is 0 Å². The number of aryl methyl sites for hydroxylation is 1. The van der Waals surface area contributed by atoms with Gasteiger partial charge in [0.25, 0.3) is 5.91 Å². The van der Waals surface area contributed by atoms with Crippen molar-refractivity contribution in [1.29, 1.82) is 0 Å². The van der Waals surface area contributed by atoms with Crippen LogP contribution in [0.3, 0.4) is 0 Å². The third kappa shape index (κ3) is 4.34. The monoisotopic (exact) mass is 439 g/mol. The van der Waals surface area contributed by atoms with Gasteiger partial charge in [-0.15, -0.1) is 0 Å². The van der Waals surface area contributed by atoms with Crippen molar-refractivity contribution in [3.05, 3.63) is 81.6 Å². The van der Waals surface area contributed by atoms with Gasteiger partial charge in [-0.25, -0.2) is 5.43 Å². The molecule has 2 aromatic carbocycles. The van der Waals surface area contributed by atoms with Gasteiger partial charge in [-0.1, -0.05) is 12.1 Å². The molecule has 0 spiro atoms. The molecular weight excluding hydrogens is 418 g/mol. The molecule has 0 saturated carbocycles. The standard InChI is InChI=1S/C22H22BrN3O2/c1-4-28-19-11-9-17(10-12-19)22(27)25-24-14-18-13-15(2)26(16(18)3)21-8-6-5-7-20(21)23/h5-14H,4H2,1-3H3,(H,25,27)/b24-14+. The number of rotatable bonds is 6. The molecule has 3 aromatic rings. The van der Waals surface area contributed by atoms with Crippen LogP contribution in [0.5, 0.6) is 5.75 Å². The number of hydrogen-bond acceptors (Lipinski definition) is 3. The molecule has 1 amide bonds. The Hall–Kier alpha value is -2.86. The minimum absolute atomic E-state index is 0.265. The highest BCUT2D eigenvalue weighted by atomic mass is 79.9. The minimum Gasteiger partial charge on any atom is -0.494 e. The molecule has 0 atom stereocenters. The summed E-state index contributed by atoms with van der Waals surface area (Å²) in [6.07, 6.45) is 1.67. The van der Waals surface area contributed by atoms with E-state index in [1.54, 1.807) is 30.5 Å². The summed E-state index contributed by atoms with van der Waals surface area (Å²) in [6, 6.07) is 17.1. The minimum atomic E-state index is -0.265. The zero-order valence-corrected chi connectivity index (χ0v) is 17.7. The van der Waals surface area contributed by atoms with E-state index in [-0.39, 0.29) is 5.91 Å². The molecule has 0 fully saturated rings. The maximum atomic E-state index is 12.3. The number of hydrogen-bond donors (Lipinski definition) is 1. The fourth-order valence-corrected chi connectivity index (χ4v) is 3.48. The maximum Gasteiger partial charge on any atom is 0.271 e. The maximum absolute atomic E-state index is 12.3. The van der Waals surface area contributed by atoms with E-state index in [0.717, 1.165) is 32.9 Å². The highest BCUT2D eigenvalue weighted by molar-refractivity contribution is 9.10. The number of ether oxygens (including phenoxy) is 1. The van der Waals surface area contributed by atoms with Gasteiger partial charge < -0.3 is 9.30 Å². The van der Waals surface area contributed by atoms with E-state index in [9.17, 15) is 4.79 Å². The highest BCUT2D eigenvalue weighted by Gasteiger charge is 2.11. The zero-order valence-electron chi connectivity index (χ0n) is 16.1. The van der Waals surface area contributed by atoms with Crippen LogP contribution >= 0.6 is 15.9 Å². The molecule has 0 aliphatic rings. The van der Waals surface area contributed by atoms with Crippen LogP contribution in [-0.4, -0.2) is 23.3 Å². The number of nitrogens with one attached hydrogen (secondary N) is 1. The smallest absolute Gasteiger partial charge is 0.271 e. The van der Waals surface area contributed by atoms with Gasteiger partial charge in [-0.2, -0.15) is 5.10 Å². The Morgan fingerprint density at radius 1 is 1.18 bits per heavy atom. The molecule has 1 aromatic heterocycles. The molecular formula is C22H22BrN3O2. The number of aromatic nitrogens is 1. The number of halogens is 1. The first kappa shape index (κ1) is 19.9. The number of carbonyl (C=O) groups is 1. The van der Waals surface area contributed by atoms with Crippen molar-refractivity contribution in [3.63, 3.8) is 0 Å². The van der Waals surface area contributed by atoms with Gasteiger partial charge in [0.1, 0.15) is 5.75 Å². The summed E-state index contributed by atoms with van der Waals surface area (Å²) in [5, 5.41) is 4.13. The first-order valence-electron chi connectivity index (χ1n) is 9.01. The van der Waals surface area contributed by atoms with Crippen molar-refractivity contribution >= 4 is 28.1 Å². The molecule has 5 nitrogen and oxygen atoms in total. The number of para-hydroxylation sites is 1. The molecule has 0 radical (unpaired) electrons. The lowest BCUT2D eigenvalue weighted by Crippen LogP contribution is -2.17. The molecule has 28 heavy (non-hydrogen) atoms. The van der Waals surface area contributed by atoms with Crippen molar-refractivity contribution in [2.45, 2.75) is 20.8 Å². The number of nitrogens with zero attached hydrogens (tertiary/aromatic N) is 2. The molecule has 0 aliphatic heterocycles. The van der Waals surface area contributed by atoms with Crippen LogP contribution in [0.25, 0.3) is 5.69 Å². The summed E-state index contributed by atoms with van der Waals surface area (Å²) in [7, 11) is 0. The Morgan fingerprint density at radius 2 is 1.89 bits per heavy atom. The largest absolute Gasteiger partial charge is 0.494 e. The van der Waals surface area contributed by atoms with Crippen molar-refractivity contribution in [2.75, 3.05) is 6.61 Å². The first-order valence-corrected chi connectivity index (χ1v) is 9.80. The van der Waals surface area contributed by atoms with Gasteiger partial charge in [0.15, 0.2) is 0 Å². The third-order valence-corrected chi connectivity index (χ3v) is 5.03. The number of hydrazone groups is 1. The third-order valence-electron chi connectivity index (χ3n) is 4.36. The topological polar surface area (TPSA) is 55.6 Å². The highest BCUT2D eigenvalue weighted by Crippen LogP contribution is 2.26. The second-order valence-corrected chi connectivity index (χ2v) is 7.12. The average molecular weight is 440 g/mol. The fraction of sp³-hybridized carbons (Fsp3) is 0.182. The van der Waals surface area contributed by atoms with Crippen LogP contribution < -0.4 is 10.2 Å². The quantitative estimate of drug-likeness (QED) is 0.432.